The molecule has 1 saturated heterocycles. The number of carboxylic acids is 1. The van der Waals surface area contributed by atoms with Gasteiger partial charge in [-0.2, -0.15) is 0 Å². The van der Waals surface area contributed by atoms with Crippen molar-refractivity contribution in [2.45, 2.75) is 57.0 Å². The van der Waals surface area contributed by atoms with Gasteiger partial charge in [0.15, 0.2) is 0 Å². The van der Waals surface area contributed by atoms with E-state index in [2.05, 4.69) is 0 Å². The number of likely N-dealkylation sites (tertiary alicyclic amines) is 1. The van der Waals surface area contributed by atoms with Crippen LogP contribution in [0.3, 0.4) is 0 Å². The van der Waals surface area contributed by atoms with Crippen molar-refractivity contribution in [1.82, 2.24) is 9.80 Å². The average Bonchev–Trinajstić information content (AvgIpc) is 2.94. The van der Waals surface area contributed by atoms with Gasteiger partial charge in [-0.3, -0.25) is 0 Å². The van der Waals surface area contributed by atoms with Gasteiger partial charge in [0.2, 0.25) is 0 Å². The van der Waals surface area contributed by atoms with Gasteiger partial charge in [-0.25, -0.2) is 9.59 Å². The molecule has 1 aliphatic carbocycles. The number of carboxylic acid groups (broad SMARTS) is 1. The molecule has 2 N–H and O–H groups in total. The summed E-state index contributed by atoms with van der Waals surface area (Å²) in [6.45, 7) is 0.727. The van der Waals surface area contributed by atoms with E-state index in [9.17, 15) is 19.8 Å². The second kappa shape index (κ2) is 6.92. The first-order valence-corrected chi connectivity index (χ1v) is 7.56. The minimum absolute atomic E-state index is 0.0756. The molecule has 0 spiro atoms. The number of aliphatic carboxylic acids is 1. The zero-order chi connectivity index (χ0) is 14.5. The predicted octanol–water partition coefficient (Wildman–Crippen LogP) is 1.28. The number of hydrogen-bond donors (Lipinski definition) is 2. The van der Waals surface area contributed by atoms with Crippen molar-refractivity contribution in [3.8, 4) is 0 Å². The third-order valence-corrected chi connectivity index (χ3v) is 4.39. The molecular weight excluding hydrogens is 260 g/mol. The van der Waals surface area contributed by atoms with Crippen molar-refractivity contribution in [3.63, 3.8) is 0 Å². The summed E-state index contributed by atoms with van der Waals surface area (Å²) < 4.78 is 0. The second-order valence-electron chi connectivity index (χ2n) is 5.68. The molecule has 1 heterocycles. The van der Waals surface area contributed by atoms with E-state index in [0.717, 1.165) is 32.1 Å². The van der Waals surface area contributed by atoms with Gasteiger partial charge in [0.1, 0.15) is 6.04 Å². The van der Waals surface area contributed by atoms with E-state index < -0.39 is 12.0 Å². The number of aliphatic hydroxyl groups is 1. The summed E-state index contributed by atoms with van der Waals surface area (Å²) in [5.74, 6) is -0.927. The summed E-state index contributed by atoms with van der Waals surface area (Å²) in [6, 6.07) is -0.762. The van der Waals surface area contributed by atoms with E-state index in [-0.39, 0.29) is 18.7 Å². The van der Waals surface area contributed by atoms with Gasteiger partial charge in [0.25, 0.3) is 0 Å². The fourth-order valence-corrected chi connectivity index (χ4v) is 3.35. The summed E-state index contributed by atoms with van der Waals surface area (Å²) in [7, 11) is 0. The maximum Gasteiger partial charge on any atom is 0.326 e. The number of rotatable bonds is 4. The van der Waals surface area contributed by atoms with Crippen LogP contribution in [0.4, 0.5) is 4.79 Å². The van der Waals surface area contributed by atoms with Crippen LogP contribution in [0, 0.1) is 0 Å². The van der Waals surface area contributed by atoms with Crippen LogP contribution in [0.15, 0.2) is 0 Å². The Hall–Kier alpha value is -1.30. The molecule has 2 rings (SSSR count). The van der Waals surface area contributed by atoms with Crippen molar-refractivity contribution in [2.75, 3.05) is 19.7 Å². The average molecular weight is 284 g/mol. The molecule has 6 nitrogen and oxygen atoms in total. The molecule has 0 bridgehead atoms. The summed E-state index contributed by atoms with van der Waals surface area (Å²) in [5, 5.41) is 18.4. The largest absolute Gasteiger partial charge is 0.480 e. The first-order valence-electron chi connectivity index (χ1n) is 7.56. The van der Waals surface area contributed by atoms with E-state index in [4.69, 9.17) is 0 Å². The molecule has 0 aromatic heterocycles. The van der Waals surface area contributed by atoms with E-state index in [1.165, 1.54) is 11.3 Å². The van der Waals surface area contributed by atoms with Gasteiger partial charge in [0.05, 0.1) is 6.61 Å². The molecule has 0 radical (unpaired) electrons. The van der Waals surface area contributed by atoms with Crippen molar-refractivity contribution in [3.05, 3.63) is 0 Å². The van der Waals surface area contributed by atoms with Gasteiger partial charge in [-0.1, -0.05) is 19.3 Å². The van der Waals surface area contributed by atoms with E-state index in [1.807, 2.05) is 0 Å². The fraction of sp³-hybridized carbons (Fsp3) is 0.857. The zero-order valence-corrected chi connectivity index (χ0v) is 11.8. The van der Waals surface area contributed by atoms with Crippen LogP contribution in [0.25, 0.3) is 0 Å². The van der Waals surface area contributed by atoms with Crippen LogP contribution in [0.2, 0.25) is 0 Å². The molecule has 2 aliphatic rings. The molecule has 114 valence electrons. The summed E-state index contributed by atoms with van der Waals surface area (Å²) >= 11 is 0. The topological polar surface area (TPSA) is 81.1 Å². The summed E-state index contributed by atoms with van der Waals surface area (Å²) in [6.07, 6.45) is 6.57. The van der Waals surface area contributed by atoms with Crippen molar-refractivity contribution >= 4 is 12.0 Å². The second-order valence-corrected chi connectivity index (χ2v) is 5.68. The highest BCUT2D eigenvalue weighted by Gasteiger charge is 2.38. The third-order valence-electron chi connectivity index (χ3n) is 4.39. The normalized spacial score (nSPS) is 23.9. The highest BCUT2D eigenvalue weighted by molar-refractivity contribution is 5.83. The fourth-order valence-electron chi connectivity index (χ4n) is 3.35. The number of amides is 2. The SMILES string of the molecule is O=C(O)C1CCCN1C(=O)N(CCO)C1CCCCC1. The van der Waals surface area contributed by atoms with Crippen LogP contribution in [-0.2, 0) is 4.79 Å². The Morgan fingerprint density at radius 2 is 1.80 bits per heavy atom. The zero-order valence-electron chi connectivity index (χ0n) is 11.8. The Morgan fingerprint density at radius 3 is 2.40 bits per heavy atom. The Bertz CT molecular complexity index is 355. The van der Waals surface area contributed by atoms with Crippen LogP contribution >= 0.6 is 0 Å². The molecule has 6 heteroatoms. The van der Waals surface area contributed by atoms with Crippen LogP contribution in [0.1, 0.15) is 44.9 Å². The maximum atomic E-state index is 12.6. The first kappa shape index (κ1) is 15.1. The minimum atomic E-state index is -0.927. The molecule has 0 aromatic carbocycles. The Labute approximate surface area is 119 Å². The molecule has 2 fully saturated rings. The molecule has 20 heavy (non-hydrogen) atoms. The first-order chi connectivity index (χ1) is 9.65. The van der Waals surface area contributed by atoms with E-state index in [1.54, 1.807) is 4.90 Å². The Morgan fingerprint density at radius 1 is 1.10 bits per heavy atom. The Kier molecular flexibility index (Phi) is 5.23. The molecule has 1 unspecified atom stereocenters. The van der Waals surface area contributed by atoms with Crippen LogP contribution in [-0.4, -0.2) is 63.8 Å². The van der Waals surface area contributed by atoms with Gasteiger partial charge in [0, 0.05) is 19.1 Å². The standard InChI is InChI=1S/C14H24N2O4/c17-10-9-15(11-5-2-1-3-6-11)14(20)16-8-4-7-12(16)13(18)19/h11-12,17H,1-10H2,(H,18,19). The number of nitrogens with zero attached hydrogens (tertiary/aromatic N) is 2. The molecule has 2 amide bonds. The highest BCUT2D eigenvalue weighted by Crippen LogP contribution is 2.26. The van der Waals surface area contributed by atoms with E-state index in [0.29, 0.717) is 19.5 Å². The van der Waals surface area contributed by atoms with Crippen molar-refractivity contribution in [1.29, 1.82) is 0 Å². The number of carbonyl (C=O) groups excluding carboxylic acids is 1. The molecule has 1 saturated carbocycles. The van der Waals surface area contributed by atoms with Gasteiger partial charge in [-0.05, 0) is 25.7 Å². The number of hydrogen-bond acceptors (Lipinski definition) is 3. The van der Waals surface area contributed by atoms with Crippen LogP contribution < -0.4 is 0 Å². The number of aliphatic hydroxyl groups excluding tert-OH is 1. The maximum absolute atomic E-state index is 12.6. The van der Waals surface area contributed by atoms with Gasteiger partial charge in [-0.15, -0.1) is 0 Å². The third kappa shape index (κ3) is 3.23. The molecular formula is C14H24N2O4. The number of carbonyl (C=O) groups is 2. The number of urea groups is 1. The smallest absolute Gasteiger partial charge is 0.326 e. The highest BCUT2D eigenvalue weighted by atomic mass is 16.4. The molecule has 1 aliphatic heterocycles. The van der Waals surface area contributed by atoms with Crippen molar-refractivity contribution in [2.24, 2.45) is 0 Å². The predicted molar refractivity (Wildman–Crippen MR) is 73.4 cm³/mol. The summed E-state index contributed by atoms with van der Waals surface area (Å²) in [4.78, 5) is 27.0. The lowest BCUT2D eigenvalue weighted by molar-refractivity contribution is -0.141. The van der Waals surface area contributed by atoms with Gasteiger partial charge < -0.3 is 20.0 Å². The monoisotopic (exact) mass is 284 g/mol. The summed E-state index contributed by atoms with van der Waals surface area (Å²) in [5.41, 5.74) is 0. The van der Waals surface area contributed by atoms with Crippen LogP contribution in [0.5, 0.6) is 0 Å². The van der Waals surface area contributed by atoms with Crippen molar-refractivity contribution < 1.29 is 19.8 Å². The Balaban J connectivity index is 2.07. The lowest BCUT2D eigenvalue weighted by Gasteiger charge is -2.37. The molecule has 1 atom stereocenters. The lowest BCUT2D eigenvalue weighted by Crippen LogP contribution is -2.52. The quantitative estimate of drug-likeness (QED) is 0.815. The van der Waals surface area contributed by atoms with Gasteiger partial charge >= 0.3 is 12.0 Å². The lowest BCUT2D eigenvalue weighted by atomic mass is 9.94. The molecule has 0 aromatic rings. The van der Waals surface area contributed by atoms with E-state index >= 15 is 0 Å². The minimum Gasteiger partial charge on any atom is -0.480 e.